The lowest BCUT2D eigenvalue weighted by Gasteiger charge is -2.32. The summed E-state index contributed by atoms with van der Waals surface area (Å²) in [6, 6.07) is 9.10. The number of hydrogen-bond acceptors (Lipinski definition) is 0. The Bertz CT molecular complexity index is 808. The zero-order valence-corrected chi connectivity index (χ0v) is 16.4. The maximum absolute atomic E-state index is 13.4. The van der Waals surface area contributed by atoms with E-state index in [1.807, 2.05) is 0 Å². The lowest BCUT2D eigenvalue weighted by Crippen LogP contribution is -2.21. The van der Waals surface area contributed by atoms with Gasteiger partial charge in [-0.1, -0.05) is 38.0 Å². The minimum atomic E-state index is -0.753. The molecule has 0 fully saturated rings. The van der Waals surface area contributed by atoms with Gasteiger partial charge in [-0.05, 0) is 103 Å². The van der Waals surface area contributed by atoms with Gasteiger partial charge in [-0.3, -0.25) is 0 Å². The summed E-state index contributed by atoms with van der Waals surface area (Å²) in [5, 5.41) is 0. The maximum Gasteiger partial charge on any atom is 0.159 e. The van der Waals surface area contributed by atoms with Crippen LogP contribution in [0.25, 0.3) is 0 Å². The van der Waals surface area contributed by atoms with E-state index in [1.54, 1.807) is 28.3 Å². The van der Waals surface area contributed by atoms with Gasteiger partial charge >= 0.3 is 0 Å². The van der Waals surface area contributed by atoms with E-state index in [0.29, 0.717) is 5.92 Å². The van der Waals surface area contributed by atoms with E-state index in [-0.39, 0.29) is 0 Å². The second-order valence-corrected chi connectivity index (χ2v) is 8.63. The number of rotatable bonds is 5. The van der Waals surface area contributed by atoms with Crippen LogP contribution in [-0.4, -0.2) is 0 Å². The Labute approximate surface area is 162 Å². The SMILES string of the molecule is CCCC1CCc2c(ccc3c2CCC(CCc2ccc(F)c(F)c2)C3)C1. The van der Waals surface area contributed by atoms with Crippen LogP contribution in [0.15, 0.2) is 30.3 Å². The highest BCUT2D eigenvalue weighted by Crippen LogP contribution is 2.37. The number of fused-ring (bicyclic) bond motifs is 3. The molecule has 2 aliphatic carbocycles. The fourth-order valence-corrected chi connectivity index (χ4v) is 5.29. The first-order chi connectivity index (χ1) is 13.1. The molecule has 0 radical (unpaired) electrons. The van der Waals surface area contributed by atoms with Crippen LogP contribution in [0.5, 0.6) is 0 Å². The molecule has 2 atom stereocenters. The Balaban J connectivity index is 1.41. The molecule has 4 rings (SSSR count). The Morgan fingerprint density at radius 3 is 2.04 bits per heavy atom. The first-order valence-corrected chi connectivity index (χ1v) is 10.7. The molecule has 0 amide bonds. The van der Waals surface area contributed by atoms with E-state index in [4.69, 9.17) is 0 Å². The molecule has 144 valence electrons. The van der Waals surface area contributed by atoms with Crippen LogP contribution in [0.2, 0.25) is 0 Å². The molecular formula is C25H30F2. The van der Waals surface area contributed by atoms with Crippen molar-refractivity contribution >= 4 is 0 Å². The van der Waals surface area contributed by atoms with Crippen LogP contribution in [-0.2, 0) is 32.1 Å². The average Bonchev–Trinajstić information content (AvgIpc) is 2.68. The Morgan fingerprint density at radius 2 is 1.44 bits per heavy atom. The molecule has 2 unspecified atom stereocenters. The first-order valence-electron chi connectivity index (χ1n) is 10.7. The van der Waals surface area contributed by atoms with E-state index in [1.165, 1.54) is 57.1 Å². The molecular weight excluding hydrogens is 338 g/mol. The third kappa shape index (κ3) is 4.10. The fraction of sp³-hybridized carbons (Fsp3) is 0.520. The van der Waals surface area contributed by atoms with Crippen LogP contribution in [0, 0.1) is 23.5 Å². The highest BCUT2D eigenvalue weighted by atomic mass is 19.2. The second kappa shape index (κ2) is 8.12. The predicted octanol–water partition coefficient (Wildman–Crippen LogP) is 6.61. The van der Waals surface area contributed by atoms with Crippen LogP contribution in [0.4, 0.5) is 8.78 Å². The Morgan fingerprint density at radius 1 is 0.815 bits per heavy atom. The molecule has 0 aromatic heterocycles. The molecule has 0 aliphatic heterocycles. The van der Waals surface area contributed by atoms with E-state index >= 15 is 0 Å². The normalized spacial score (nSPS) is 21.6. The van der Waals surface area contributed by atoms with Gasteiger partial charge in [0.2, 0.25) is 0 Å². The van der Waals surface area contributed by atoms with Crippen molar-refractivity contribution in [2.75, 3.05) is 0 Å². The first kappa shape index (κ1) is 18.7. The molecule has 0 bridgehead atoms. The van der Waals surface area contributed by atoms with E-state index < -0.39 is 11.6 Å². The molecule has 2 aromatic carbocycles. The zero-order valence-electron chi connectivity index (χ0n) is 16.4. The van der Waals surface area contributed by atoms with E-state index in [2.05, 4.69) is 19.1 Å². The lowest BCUT2D eigenvalue weighted by atomic mass is 9.73. The van der Waals surface area contributed by atoms with Gasteiger partial charge < -0.3 is 0 Å². The summed E-state index contributed by atoms with van der Waals surface area (Å²) in [5.74, 6) is 0.0545. The summed E-state index contributed by atoms with van der Waals surface area (Å²) in [6.45, 7) is 2.29. The molecule has 0 saturated heterocycles. The van der Waals surface area contributed by atoms with Crippen molar-refractivity contribution in [3.05, 3.63) is 69.8 Å². The van der Waals surface area contributed by atoms with Crippen molar-refractivity contribution in [2.24, 2.45) is 11.8 Å². The second-order valence-electron chi connectivity index (χ2n) is 8.63. The summed E-state index contributed by atoms with van der Waals surface area (Å²) in [6.07, 6.45) is 12.0. The van der Waals surface area contributed by atoms with Crippen LogP contribution in [0.1, 0.15) is 66.8 Å². The van der Waals surface area contributed by atoms with Crippen molar-refractivity contribution < 1.29 is 8.78 Å². The van der Waals surface area contributed by atoms with Gasteiger partial charge in [0.05, 0.1) is 0 Å². The highest BCUT2D eigenvalue weighted by Gasteiger charge is 2.26. The van der Waals surface area contributed by atoms with Gasteiger partial charge in [-0.15, -0.1) is 0 Å². The Hall–Kier alpha value is -1.70. The maximum atomic E-state index is 13.4. The molecule has 0 heterocycles. The van der Waals surface area contributed by atoms with Gasteiger partial charge in [0, 0.05) is 0 Å². The van der Waals surface area contributed by atoms with Crippen molar-refractivity contribution in [2.45, 2.75) is 71.1 Å². The third-order valence-corrected chi connectivity index (χ3v) is 6.77. The van der Waals surface area contributed by atoms with Gasteiger partial charge in [-0.25, -0.2) is 8.78 Å². The lowest BCUT2D eigenvalue weighted by molar-refractivity contribution is 0.407. The van der Waals surface area contributed by atoms with Crippen LogP contribution < -0.4 is 0 Å². The number of halogens is 2. The number of aryl methyl sites for hydroxylation is 1. The van der Waals surface area contributed by atoms with Crippen molar-refractivity contribution in [3.63, 3.8) is 0 Å². The average molecular weight is 369 g/mol. The Kier molecular flexibility index (Phi) is 5.61. The van der Waals surface area contributed by atoms with Gasteiger partial charge in [0.25, 0.3) is 0 Å². The topological polar surface area (TPSA) is 0 Å². The summed E-state index contributed by atoms with van der Waals surface area (Å²) < 4.78 is 26.5. The highest BCUT2D eigenvalue weighted by molar-refractivity contribution is 5.44. The largest absolute Gasteiger partial charge is 0.204 e. The predicted molar refractivity (Wildman–Crippen MR) is 107 cm³/mol. The molecule has 27 heavy (non-hydrogen) atoms. The summed E-state index contributed by atoms with van der Waals surface area (Å²) in [4.78, 5) is 0. The molecule has 2 heteroatoms. The molecule has 2 aromatic rings. The summed E-state index contributed by atoms with van der Waals surface area (Å²) in [7, 11) is 0. The van der Waals surface area contributed by atoms with E-state index in [9.17, 15) is 8.78 Å². The van der Waals surface area contributed by atoms with Gasteiger partial charge in [0.1, 0.15) is 0 Å². The van der Waals surface area contributed by atoms with Crippen LogP contribution in [0.3, 0.4) is 0 Å². The smallest absolute Gasteiger partial charge is 0.159 e. The van der Waals surface area contributed by atoms with Crippen molar-refractivity contribution in [1.82, 2.24) is 0 Å². The summed E-state index contributed by atoms with van der Waals surface area (Å²) >= 11 is 0. The molecule has 0 N–H and O–H groups in total. The monoisotopic (exact) mass is 368 g/mol. The number of benzene rings is 2. The molecule has 0 spiro atoms. The minimum absolute atomic E-state index is 0.653. The molecule has 2 aliphatic rings. The van der Waals surface area contributed by atoms with Gasteiger partial charge in [-0.2, -0.15) is 0 Å². The zero-order chi connectivity index (χ0) is 18.8. The fourth-order valence-electron chi connectivity index (χ4n) is 5.29. The summed E-state index contributed by atoms with van der Waals surface area (Å²) in [5.41, 5.74) is 7.38. The molecule has 0 saturated carbocycles. The van der Waals surface area contributed by atoms with Crippen molar-refractivity contribution in [3.8, 4) is 0 Å². The van der Waals surface area contributed by atoms with Gasteiger partial charge in [0.15, 0.2) is 11.6 Å². The standard InChI is InChI=1S/C25H30F2/c1-2-3-17-6-11-22-20(14-17)9-10-21-15-18(7-12-23(21)22)4-5-19-8-13-24(26)25(27)16-19/h8-10,13,16-18H,2-7,11-12,14-15H2,1H3. The van der Waals surface area contributed by atoms with Crippen molar-refractivity contribution in [1.29, 1.82) is 0 Å². The van der Waals surface area contributed by atoms with Crippen LogP contribution >= 0.6 is 0 Å². The van der Waals surface area contributed by atoms with E-state index in [0.717, 1.165) is 30.7 Å². The third-order valence-electron chi connectivity index (χ3n) is 6.77. The quantitative estimate of drug-likeness (QED) is 0.557. The minimum Gasteiger partial charge on any atom is -0.204 e. The molecule has 0 nitrogen and oxygen atoms in total. The number of hydrogen-bond donors (Lipinski definition) is 0.